The molecule has 0 aliphatic heterocycles. The van der Waals surface area contributed by atoms with Crippen molar-refractivity contribution in [3.8, 4) is 0 Å². The molecule has 0 heterocycles. The first-order valence-electron chi connectivity index (χ1n) is 5.73. The average molecular weight is 226 g/mol. The molecule has 0 bridgehead atoms. The van der Waals surface area contributed by atoms with E-state index in [4.69, 9.17) is 5.73 Å². The zero-order valence-electron chi connectivity index (χ0n) is 10.6. The molecule has 0 fully saturated rings. The molecule has 4 heteroatoms. The van der Waals surface area contributed by atoms with Crippen LogP contribution in [0.5, 0.6) is 0 Å². The van der Waals surface area contributed by atoms with Crippen LogP contribution in [0.25, 0.3) is 0 Å². The standard InChI is InChI=1S/C12H22N2O2/c1-5-9(3)14(10(4)6-2)12(16)8-7-11(13)15/h7-10H,5-6H2,1-4H3,(H2,13,15)/b8-7+. The summed E-state index contributed by atoms with van der Waals surface area (Å²) < 4.78 is 0. The van der Waals surface area contributed by atoms with Gasteiger partial charge in [0.05, 0.1) is 0 Å². The van der Waals surface area contributed by atoms with E-state index in [1.54, 1.807) is 4.90 Å². The zero-order chi connectivity index (χ0) is 12.7. The van der Waals surface area contributed by atoms with Crippen molar-refractivity contribution in [1.29, 1.82) is 0 Å². The number of amides is 2. The van der Waals surface area contributed by atoms with Gasteiger partial charge in [-0.2, -0.15) is 0 Å². The van der Waals surface area contributed by atoms with Gasteiger partial charge in [0, 0.05) is 24.2 Å². The van der Waals surface area contributed by atoms with Gasteiger partial charge in [0.2, 0.25) is 11.8 Å². The summed E-state index contributed by atoms with van der Waals surface area (Å²) in [6.45, 7) is 8.07. The molecule has 0 saturated carbocycles. The van der Waals surface area contributed by atoms with E-state index in [0.717, 1.165) is 18.9 Å². The van der Waals surface area contributed by atoms with Crippen LogP contribution in [0.1, 0.15) is 40.5 Å². The summed E-state index contributed by atoms with van der Waals surface area (Å²) in [7, 11) is 0. The lowest BCUT2D eigenvalue weighted by Gasteiger charge is -2.33. The Morgan fingerprint density at radius 3 is 1.88 bits per heavy atom. The first-order chi connectivity index (χ1) is 7.43. The number of hydrogen-bond acceptors (Lipinski definition) is 2. The smallest absolute Gasteiger partial charge is 0.247 e. The van der Waals surface area contributed by atoms with Gasteiger partial charge < -0.3 is 10.6 Å². The molecule has 2 atom stereocenters. The Hall–Kier alpha value is -1.32. The number of primary amides is 1. The van der Waals surface area contributed by atoms with Crippen molar-refractivity contribution >= 4 is 11.8 Å². The van der Waals surface area contributed by atoms with Gasteiger partial charge in [-0.3, -0.25) is 9.59 Å². The molecule has 0 saturated heterocycles. The van der Waals surface area contributed by atoms with Crippen LogP contribution < -0.4 is 5.73 Å². The van der Waals surface area contributed by atoms with E-state index in [1.807, 2.05) is 27.7 Å². The second-order valence-corrected chi connectivity index (χ2v) is 4.00. The summed E-state index contributed by atoms with van der Waals surface area (Å²) in [5.41, 5.74) is 4.96. The molecule has 2 unspecified atom stereocenters. The molecule has 0 aromatic carbocycles. The minimum absolute atomic E-state index is 0.150. The number of hydrogen-bond donors (Lipinski definition) is 1. The van der Waals surface area contributed by atoms with Crippen LogP contribution in [0.4, 0.5) is 0 Å². The molecule has 0 aromatic heterocycles. The topological polar surface area (TPSA) is 63.4 Å². The highest BCUT2D eigenvalue weighted by Crippen LogP contribution is 2.12. The summed E-state index contributed by atoms with van der Waals surface area (Å²) >= 11 is 0. The molecule has 0 aliphatic carbocycles. The number of carbonyl (C=O) groups excluding carboxylic acids is 2. The number of carbonyl (C=O) groups is 2. The van der Waals surface area contributed by atoms with E-state index in [1.165, 1.54) is 6.08 Å². The molecule has 0 spiro atoms. The Bertz CT molecular complexity index is 264. The van der Waals surface area contributed by atoms with Crippen LogP contribution in [0.15, 0.2) is 12.2 Å². The Labute approximate surface area is 97.5 Å². The lowest BCUT2D eigenvalue weighted by atomic mass is 10.1. The van der Waals surface area contributed by atoms with Crippen LogP contribution in [-0.4, -0.2) is 28.8 Å². The average Bonchev–Trinajstić information content (AvgIpc) is 2.25. The number of rotatable bonds is 6. The lowest BCUT2D eigenvalue weighted by Crippen LogP contribution is -2.43. The predicted octanol–water partition coefficient (Wildman–Crippen LogP) is 1.45. The van der Waals surface area contributed by atoms with Crippen molar-refractivity contribution in [2.75, 3.05) is 0 Å². The van der Waals surface area contributed by atoms with Crippen LogP contribution in [-0.2, 0) is 9.59 Å². The summed E-state index contributed by atoms with van der Waals surface area (Å²) in [6.07, 6.45) is 4.14. The van der Waals surface area contributed by atoms with Gasteiger partial charge >= 0.3 is 0 Å². The minimum Gasteiger partial charge on any atom is -0.366 e. The number of nitrogens with two attached hydrogens (primary N) is 1. The Morgan fingerprint density at radius 2 is 1.56 bits per heavy atom. The van der Waals surface area contributed by atoms with Gasteiger partial charge in [0.1, 0.15) is 0 Å². The quantitative estimate of drug-likeness (QED) is 0.697. The first-order valence-corrected chi connectivity index (χ1v) is 5.73. The van der Waals surface area contributed by atoms with Crippen molar-refractivity contribution < 1.29 is 9.59 Å². The Balaban J connectivity index is 4.76. The molecule has 2 amide bonds. The SMILES string of the molecule is CCC(C)N(C(=O)/C=C/C(N)=O)C(C)CC. The van der Waals surface area contributed by atoms with E-state index in [-0.39, 0.29) is 18.0 Å². The number of nitrogens with zero attached hydrogens (tertiary/aromatic N) is 1. The van der Waals surface area contributed by atoms with Crippen LogP contribution in [0.2, 0.25) is 0 Å². The van der Waals surface area contributed by atoms with Crippen molar-refractivity contribution in [2.24, 2.45) is 5.73 Å². The Morgan fingerprint density at radius 1 is 1.12 bits per heavy atom. The highest BCUT2D eigenvalue weighted by molar-refractivity contribution is 5.96. The first kappa shape index (κ1) is 14.7. The van der Waals surface area contributed by atoms with Gasteiger partial charge in [-0.05, 0) is 26.7 Å². The lowest BCUT2D eigenvalue weighted by molar-refractivity contribution is -0.130. The van der Waals surface area contributed by atoms with Gasteiger partial charge in [0.25, 0.3) is 0 Å². The maximum Gasteiger partial charge on any atom is 0.247 e. The molecule has 16 heavy (non-hydrogen) atoms. The molecule has 92 valence electrons. The van der Waals surface area contributed by atoms with Crippen LogP contribution >= 0.6 is 0 Å². The van der Waals surface area contributed by atoms with Crippen LogP contribution in [0, 0.1) is 0 Å². The highest BCUT2D eigenvalue weighted by Gasteiger charge is 2.21. The molecule has 0 aliphatic rings. The molecule has 4 nitrogen and oxygen atoms in total. The van der Waals surface area contributed by atoms with E-state index < -0.39 is 5.91 Å². The van der Waals surface area contributed by atoms with E-state index >= 15 is 0 Å². The molecular formula is C12H22N2O2. The van der Waals surface area contributed by atoms with Crippen molar-refractivity contribution in [2.45, 2.75) is 52.6 Å². The van der Waals surface area contributed by atoms with Gasteiger partial charge in [-0.1, -0.05) is 13.8 Å². The van der Waals surface area contributed by atoms with Crippen molar-refractivity contribution in [1.82, 2.24) is 4.90 Å². The van der Waals surface area contributed by atoms with Crippen molar-refractivity contribution in [3.63, 3.8) is 0 Å². The summed E-state index contributed by atoms with van der Waals surface area (Å²) in [6, 6.07) is 0.333. The monoisotopic (exact) mass is 226 g/mol. The molecule has 2 N–H and O–H groups in total. The van der Waals surface area contributed by atoms with E-state index in [0.29, 0.717) is 0 Å². The minimum atomic E-state index is -0.596. The summed E-state index contributed by atoms with van der Waals surface area (Å²) in [5.74, 6) is -0.746. The largest absolute Gasteiger partial charge is 0.366 e. The fourth-order valence-corrected chi connectivity index (χ4v) is 1.50. The summed E-state index contributed by atoms with van der Waals surface area (Å²) in [5, 5.41) is 0. The van der Waals surface area contributed by atoms with Crippen LogP contribution in [0.3, 0.4) is 0 Å². The second-order valence-electron chi connectivity index (χ2n) is 4.00. The van der Waals surface area contributed by atoms with Gasteiger partial charge in [-0.25, -0.2) is 0 Å². The van der Waals surface area contributed by atoms with Crippen molar-refractivity contribution in [3.05, 3.63) is 12.2 Å². The maximum absolute atomic E-state index is 11.9. The van der Waals surface area contributed by atoms with Gasteiger partial charge in [-0.15, -0.1) is 0 Å². The Kier molecular flexibility index (Phi) is 6.46. The molecule has 0 aromatic rings. The zero-order valence-corrected chi connectivity index (χ0v) is 10.6. The van der Waals surface area contributed by atoms with E-state index in [2.05, 4.69) is 0 Å². The fourth-order valence-electron chi connectivity index (χ4n) is 1.50. The second kappa shape index (κ2) is 7.04. The highest BCUT2D eigenvalue weighted by atomic mass is 16.2. The predicted molar refractivity (Wildman–Crippen MR) is 64.7 cm³/mol. The molecular weight excluding hydrogens is 204 g/mol. The third-order valence-corrected chi connectivity index (χ3v) is 2.78. The molecule has 0 radical (unpaired) electrons. The van der Waals surface area contributed by atoms with Gasteiger partial charge in [0.15, 0.2) is 0 Å². The third-order valence-electron chi connectivity index (χ3n) is 2.78. The molecule has 0 rings (SSSR count). The third kappa shape index (κ3) is 4.47. The maximum atomic E-state index is 11.9. The summed E-state index contributed by atoms with van der Waals surface area (Å²) in [4.78, 5) is 24.2. The fraction of sp³-hybridized carbons (Fsp3) is 0.667. The van der Waals surface area contributed by atoms with E-state index in [9.17, 15) is 9.59 Å². The normalized spacial score (nSPS) is 14.8.